The van der Waals surface area contributed by atoms with E-state index in [1.165, 1.54) is 7.11 Å². The molecule has 0 radical (unpaired) electrons. The number of nitrogens with one attached hydrogen (secondary N) is 1. The molecule has 1 aromatic rings. The summed E-state index contributed by atoms with van der Waals surface area (Å²) in [5.41, 5.74) is 5.38. The Labute approximate surface area is 94.2 Å². The van der Waals surface area contributed by atoms with E-state index in [0.29, 0.717) is 11.7 Å². The van der Waals surface area contributed by atoms with Crippen LogP contribution in [0.3, 0.4) is 0 Å². The van der Waals surface area contributed by atoms with Crippen LogP contribution in [0.2, 0.25) is 0 Å². The lowest BCUT2D eigenvalue weighted by Gasteiger charge is -2.15. The van der Waals surface area contributed by atoms with Crippen molar-refractivity contribution in [1.82, 2.24) is 10.3 Å². The monoisotopic (exact) mass is 227 g/mol. The lowest BCUT2D eigenvalue weighted by atomic mass is 10.3. The Kier molecular flexibility index (Phi) is 4.45. The van der Waals surface area contributed by atoms with Crippen LogP contribution in [-0.2, 0) is 9.53 Å². The third-order valence-corrected chi connectivity index (χ3v) is 2.16. The molecule has 1 heterocycles. The molecule has 2 unspecified atom stereocenters. The van der Waals surface area contributed by atoms with Crippen LogP contribution >= 0.6 is 0 Å². The summed E-state index contributed by atoms with van der Waals surface area (Å²) in [6.07, 6.45) is 0.966. The first-order valence-electron chi connectivity index (χ1n) is 5.04. The average Bonchev–Trinajstić information content (AvgIpc) is 2.66. The van der Waals surface area contributed by atoms with E-state index in [1.54, 1.807) is 20.0 Å². The Morgan fingerprint density at radius 3 is 2.88 bits per heavy atom. The van der Waals surface area contributed by atoms with E-state index in [1.807, 2.05) is 0 Å². The number of oxazole rings is 1. The van der Waals surface area contributed by atoms with E-state index in [-0.39, 0.29) is 18.5 Å². The highest BCUT2D eigenvalue weighted by atomic mass is 16.5. The van der Waals surface area contributed by atoms with Gasteiger partial charge in [0.15, 0.2) is 0 Å². The van der Waals surface area contributed by atoms with Crippen LogP contribution in [-0.4, -0.2) is 30.6 Å². The van der Waals surface area contributed by atoms with Crippen LogP contribution in [0.25, 0.3) is 0 Å². The van der Waals surface area contributed by atoms with Gasteiger partial charge in [-0.25, -0.2) is 4.98 Å². The summed E-state index contributed by atoms with van der Waals surface area (Å²) >= 11 is 0. The molecule has 3 N–H and O–H groups in total. The molecular weight excluding hydrogens is 210 g/mol. The third-order valence-electron chi connectivity index (χ3n) is 2.16. The number of ether oxygens (including phenoxy) is 1. The molecule has 16 heavy (non-hydrogen) atoms. The van der Waals surface area contributed by atoms with Crippen molar-refractivity contribution in [3.05, 3.63) is 17.8 Å². The summed E-state index contributed by atoms with van der Waals surface area (Å²) in [6, 6.07) is -0.301. The summed E-state index contributed by atoms with van der Waals surface area (Å²) in [6.45, 7) is 3.72. The number of nitrogens with two attached hydrogens (primary N) is 1. The van der Waals surface area contributed by atoms with Crippen molar-refractivity contribution in [3.63, 3.8) is 0 Å². The largest absolute Gasteiger partial charge is 0.444 e. The zero-order chi connectivity index (χ0) is 12.1. The van der Waals surface area contributed by atoms with Gasteiger partial charge in [0.1, 0.15) is 17.9 Å². The van der Waals surface area contributed by atoms with Gasteiger partial charge in [0.2, 0.25) is 5.89 Å². The first-order chi connectivity index (χ1) is 7.58. The van der Waals surface area contributed by atoms with E-state index in [9.17, 15) is 4.79 Å². The van der Waals surface area contributed by atoms with Crippen molar-refractivity contribution >= 4 is 5.91 Å². The number of amides is 1. The second-order valence-corrected chi connectivity index (χ2v) is 3.50. The Bertz CT molecular complexity index is 347. The van der Waals surface area contributed by atoms with Gasteiger partial charge in [0, 0.05) is 13.7 Å². The van der Waals surface area contributed by atoms with Gasteiger partial charge >= 0.3 is 0 Å². The molecule has 0 aliphatic rings. The molecule has 0 aliphatic heterocycles. The van der Waals surface area contributed by atoms with Crippen molar-refractivity contribution in [2.75, 3.05) is 13.7 Å². The molecule has 1 rings (SSSR count). The highest BCUT2D eigenvalue weighted by Gasteiger charge is 2.20. The Balaban J connectivity index is 2.57. The first kappa shape index (κ1) is 12.7. The lowest BCUT2D eigenvalue weighted by Crippen LogP contribution is -2.41. The number of aryl methyl sites for hydroxylation is 1. The van der Waals surface area contributed by atoms with Crippen LogP contribution in [0.5, 0.6) is 0 Å². The number of methoxy groups -OCH3 is 1. The molecule has 0 aliphatic carbocycles. The van der Waals surface area contributed by atoms with Gasteiger partial charge < -0.3 is 20.2 Å². The predicted octanol–water partition coefficient (Wildman–Crippen LogP) is 0.134. The third kappa shape index (κ3) is 3.04. The summed E-state index contributed by atoms with van der Waals surface area (Å²) in [5, 5.41) is 2.71. The number of hydrogen-bond donors (Lipinski definition) is 2. The second kappa shape index (κ2) is 5.62. The van der Waals surface area contributed by atoms with Crippen LogP contribution in [0.4, 0.5) is 0 Å². The molecule has 6 heteroatoms. The highest BCUT2D eigenvalue weighted by Crippen LogP contribution is 2.11. The molecule has 0 aromatic carbocycles. The van der Waals surface area contributed by atoms with E-state index in [4.69, 9.17) is 14.9 Å². The van der Waals surface area contributed by atoms with E-state index in [2.05, 4.69) is 10.3 Å². The van der Waals surface area contributed by atoms with Gasteiger partial charge in [0.25, 0.3) is 5.91 Å². The maximum atomic E-state index is 11.6. The summed E-state index contributed by atoms with van der Waals surface area (Å²) in [7, 11) is 1.44. The topological polar surface area (TPSA) is 90.4 Å². The van der Waals surface area contributed by atoms with Crippen molar-refractivity contribution in [2.24, 2.45) is 5.73 Å². The van der Waals surface area contributed by atoms with Gasteiger partial charge in [-0.1, -0.05) is 0 Å². The Morgan fingerprint density at radius 1 is 1.75 bits per heavy atom. The standard InChI is InChI=1S/C10H17N3O3/c1-6-5-12-10(16-6)7(2)13-9(14)8(4-11)15-3/h5,7-8H,4,11H2,1-3H3,(H,13,14). The minimum atomic E-state index is -0.640. The lowest BCUT2D eigenvalue weighted by molar-refractivity contribution is -0.131. The molecule has 0 spiro atoms. The van der Waals surface area contributed by atoms with Crippen LogP contribution < -0.4 is 11.1 Å². The van der Waals surface area contributed by atoms with E-state index in [0.717, 1.165) is 0 Å². The maximum Gasteiger partial charge on any atom is 0.251 e. The predicted molar refractivity (Wildman–Crippen MR) is 57.6 cm³/mol. The second-order valence-electron chi connectivity index (χ2n) is 3.50. The quantitative estimate of drug-likeness (QED) is 0.746. The van der Waals surface area contributed by atoms with Crippen LogP contribution in [0.15, 0.2) is 10.6 Å². The molecule has 0 saturated heterocycles. The molecule has 1 aromatic heterocycles. The number of nitrogens with zero attached hydrogens (tertiary/aromatic N) is 1. The van der Waals surface area contributed by atoms with Crippen LogP contribution in [0.1, 0.15) is 24.6 Å². The maximum absolute atomic E-state index is 11.6. The Hall–Kier alpha value is -1.40. The Morgan fingerprint density at radius 2 is 2.44 bits per heavy atom. The average molecular weight is 227 g/mol. The normalized spacial score (nSPS) is 14.5. The molecule has 6 nitrogen and oxygen atoms in total. The molecule has 90 valence electrons. The van der Waals surface area contributed by atoms with E-state index >= 15 is 0 Å². The van der Waals surface area contributed by atoms with Gasteiger partial charge in [0.05, 0.1) is 6.20 Å². The van der Waals surface area contributed by atoms with Crippen molar-refractivity contribution < 1.29 is 13.9 Å². The van der Waals surface area contributed by atoms with Gasteiger partial charge in [-0.05, 0) is 13.8 Å². The number of carbonyl (C=O) groups excluding carboxylic acids is 1. The van der Waals surface area contributed by atoms with Gasteiger partial charge in [-0.3, -0.25) is 4.79 Å². The zero-order valence-corrected chi connectivity index (χ0v) is 9.69. The smallest absolute Gasteiger partial charge is 0.251 e. The number of carbonyl (C=O) groups is 1. The fourth-order valence-corrected chi connectivity index (χ4v) is 1.25. The molecule has 0 fully saturated rings. The summed E-state index contributed by atoms with van der Waals surface area (Å²) in [4.78, 5) is 15.6. The molecule has 2 atom stereocenters. The molecular formula is C10H17N3O3. The van der Waals surface area contributed by atoms with E-state index < -0.39 is 6.10 Å². The van der Waals surface area contributed by atoms with Crippen molar-refractivity contribution in [3.8, 4) is 0 Å². The molecule has 0 bridgehead atoms. The van der Waals surface area contributed by atoms with Crippen LogP contribution in [0, 0.1) is 6.92 Å². The van der Waals surface area contributed by atoms with Gasteiger partial charge in [-0.2, -0.15) is 0 Å². The minimum Gasteiger partial charge on any atom is -0.444 e. The first-order valence-corrected chi connectivity index (χ1v) is 5.04. The summed E-state index contributed by atoms with van der Waals surface area (Å²) in [5.74, 6) is 0.907. The fourth-order valence-electron chi connectivity index (χ4n) is 1.25. The number of hydrogen-bond acceptors (Lipinski definition) is 5. The molecule has 0 saturated carbocycles. The SMILES string of the molecule is COC(CN)C(=O)NC(C)c1ncc(C)o1. The number of aromatic nitrogens is 1. The van der Waals surface area contributed by atoms with Crippen molar-refractivity contribution in [2.45, 2.75) is 26.0 Å². The zero-order valence-electron chi connectivity index (χ0n) is 9.69. The summed E-state index contributed by atoms with van der Waals surface area (Å²) < 4.78 is 10.2. The highest BCUT2D eigenvalue weighted by molar-refractivity contribution is 5.81. The van der Waals surface area contributed by atoms with Gasteiger partial charge in [-0.15, -0.1) is 0 Å². The van der Waals surface area contributed by atoms with Crippen molar-refractivity contribution in [1.29, 1.82) is 0 Å². The fraction of sp³-hybridized carbons (Fsp3) is 0.600. The minimum absolute atomic E-state index is 0.139. The molecule has 1 amide bonds. The number of rotatable bonds is 5.